The Bertz CT molecular complexity index is 358. The van der Waals surface area contributed by atoms with Crippen molar-refractivity contribution < 1.29 is 4.52 Å². The average Bonchev–Trinajstić information content (AvgIpc) is 2.88. The fourth-order valence-corrected chi connectivity index (χ4v) is 2.43. The van der Waals surface area contributed by atoms with Crippen LogP contribution in [-0.2, 0) is 6.42 Å². The Kier molecular flexibility index (Phi) is 4.72. The van der Waals surface area contributed by atoms with Crippen molar-refractivity contribution in [3.8, 4) is 0 Å². The van der Waals surface area contributed by atoms with Crippen LogP contribution in [0, 0.1) is 0 Å². The Hall–Kier alpha value is -0.940. The van der Waals surface area contributed by atoms with Gasteiger partial charge in [0.25, 0.3) is 0 Å². The molecule has 1 aliphatic heterocycles. The second-order valence-corrected chi connectivity index (χ2v) is 4.96. The topological polar surface area (TPSA) is 45.4 Å². The second kappa shape index (κ2) is 6.29. The molecule has 1 fully saturated rings. The van der Waals surface area contributed by atoms with Crippen molar-refractivity contribution >= 4 is 0 Å². The largest absolute Gasteiger partial charge is 0.338 e. The van der Waals surface area contributed by atoms with E-state index in [0.29, 0.717) is 0 Å². The maximum absolute atomic E-state index is 5.33. The molecule has 5 heteroatoms. The van der Waals surface area contributed by atoms with Gasteiger partial charge in [-0.15, -0.1) is 0 Å². The molecule has 2 heterocycles. The van der Waals surface area contributed by atoms with E-state index in [1.165, 1.54) is 13.0 Å². The number of piperazine rings is 1. The van der Waals surface area contributed by atoms with Gasteiger partial charge in [0.2, 0.25) is 5.89 Å². The van der Waals surface area contributed by atoms with Crippen LogP contribution in [0.2, 0.25) is 0 Å². The van der Waals surface area contributed by atoms with Gasteiger partial charge in [0.15, 0.2) is 5.82 Å². The number of hydrogen-bond donors (Lipinski definition) is 0. The summed E-state index contributed by atoms with van der Waals surface area (Å²) in [4.78, 5) is 9.38. The summed E-state index contributed by atoms with van der Waals surface area (Å²) in [5.74, 6) is 1.57. The molecular formula is C13H24N4O. The summed E-state index contributed by atoms with van der Waals surface area (Å²) < 4.78 is 5.33. The van der Waals surface area contributed by atoms with Crippen molar-refractivity contribution in [2.45, 2.75) is 39.7 Å². The number of aryl methyl sites for hydroxylation is 1. The minimum atomic E-state index is 0.238. The molecule has 0 saturated carbocycles. The van der Waals surface area contributed by atoms with E-state index in [1.807, 2.05) is 6.92 Å². The van der Waals surface area contributed by atoms with Crippen molar-refractivity contribution in [3.05, 3.63) is 11.7 Å². The van der Waals surface area contributed by atoms with Crippen molar-refractivity contribution in [1.29, 1.82) is 0 Å². The van der Waals surface area contributed by atoms with Crippen LogP contribution in [0.15, 0.2) is 4.52 Å². The van der Waals surface area contributed by atoms with Crippen LogP contribution in [0.25, 0.3) is 0 Å². The summed E-state index contributed by atoms with van der Waals surface area (Å²) in [5, 5.41) is 3.97. The normalized spacial score (nSPS) is 20.2. The smallest absolute Gasteiger partial charge is 0.243 e. The van der Waals surface area contributed by atoms with Gasteiger partial charge in [-0.25, -0.2) is 0 Å². The van der Waals surface area contributed by atoms with Crippen molar-refractivity contribution in [3.63, 3.8) is 0 Å². The van der Waals surface area contributed by atoms with Crippen molar-refractivity contribution in [1.82, 2.24) is 19.9 Å². The molecule has 0 aromatic carbocycles. The molecule has 0 aliphatic carbocycles. The van der Waals surface area contributed by atoms with E-state index in [2.05, 4.69) is 33.8 Å². The number of aromatic nitrogens is 2. The highest BCUT2D eigenvalue weighted by molar-refractivity contribution is 4.93. The lowest BCUT2D eigenvalue weighted by atomic mass is 10.2. The molecule has 1 atom stereocenters. The van der Waals surface area contributed by atoms with Gasteiger partial charge in [-0.2, -0.15) is 4.98 Å². The summed E-state index contributed by atoms with van der Waals surface area (Å²) >= 11 is 0. The minimum absolute atomic E-state index is 0.238. The number of nitrogens with zero attached hydrogens (tertiary/aromatic N) is 4. The molecule has 1 unspecified atom stereocenters. The first kappa shape index (κ1) is 13.5. The summed E-state index contributed by atoms with van der Waals surface area (Å²) in [7, 11) is 0. The summed E-state index contributed by atoms with van der Waals surface area (Å²) in [5.41, 5.74) is 0. The molecule has 2 rings (SSSR count). The third-order valence-electron chi connectivity index (χ3n) is 3.65. The van der Waals surface area contributed by atoms with Gasteiger partial charge in [-0.1, -0.05) is 19.0 Å². The van der Waals surface area contributed by atoms with Crippen LogP contribution in [0.3, 0.4) is 0 Å². The lowest BCUT2D eigenvalue weighted by Gasteiger charge is -2.36. The quantitative estimate of drug-likeness (QED) is 0.798. The molecule has 0 amide bonds. The number of rotatable bonds is 5. The molecule has 0 radical (unpaired) electrons. The van der Waals surface area contributed by atoms with Gasteiger partial charge >= 0.3 is 0 Å². The maximum atomic E-state index is 5.33. The zero-order chi connectivity index (χ0) is 13.0. The van der Waals surface area contributed by atoms with E-state index in [-0.39, 0.29) is 6.04 Å². The van der Waals surface area contributed by atoms with Gasteiger partial charge in [0, 0.05) is 32.6 Å². The summed E-state index contributed by atoms with van der Waals surface area (Å²) in [6.07, 6.45) is 2.07. The predicted molar refractivity (Wildman–Crippen MR) is 70.4 cm³/mol. The zero-order valence-electron chi connectivity index (χ0n) is 11.7. The van der Waals surface area contributed by atoms with Gasteiger partial charge in [0.1, 0.15) is 0 Å². The van der Waals surface area contributed by atoms with E-state index in [1.54, 1.807) is 0 Å². The Balaban J connectivity index is 1.88. The second-order valence-electron chi connectivity index (χ2n) is 4.96. The fourth-order valence-electron chi connectivity index (χ4n) is 2.43. The SMILES string of the molecule is CCCN1CCN(C(C)c2nc(CC)no2)CC1. The maximum Gasteiger partial charge on any atom is 0.243 e. The van der Waals surface area contributed by atoms with E-state index >= 15 is 0 Å². The summed E-state index contributed by atoms with van der Waals surface area (Å²) in [6, 6.07) is 0.238. The van der Waals surface area contributed by atoms with Gasteiger partial charge in [-0.05, 0) is 19.9 Å². The lowest BCUT2D eigenvalue weighted by Crippen LogP contribution is -2.47. The van der Waals surface area contributed by atoms with E-state index in [0.717, 1.165) is 44.3 Å². The molecule has 1 aromatic heterocycles. The Morgan fingerprint density at radius 3 is 2.50 bits per heavy atom. The zero-order valence-corrected chi connectivity index (χ0v) is 11.7. The number of hydrogen-bond acceptors (Lipinski definition) is 5. The lowest BCUT2D eigenvalue weighted by molar-refractivity contribution is 0.0884. The van der Waals surface area contributed by atoms with Crippen LogP contribution >= 0.6 is 0 Å². The van der Waals surface area contributed by atoms with Crippen LogP contribution in [0.5, 0.6) is 0 Å². The van der Waals surface area contributed by atoms with Crippen molar-refractivity contribution in [2.75, 3.05) is 32.7 Å². The molecule has 0 N–H and O–H groups in total. The third-order valence-corrected chi connectivity index (χ3v) is 3.65. The molecule has 0 spiro atoms. The minimum Gasteiger partial charge on any atom is -0.338 e. The van der Waals surface area contributed by atoms with Crippen LogP contribution in [0.4, 0.5) is 0 Å². The molecule has 5 nitrogen and oxygen atoms in total. The van der Waals surface area contributed by atoms with Crippen molar-refractivity contribution in [2.24, 2.45) is 0 Å². The highest BCUT2D eigenvalue weighted by atomic mass is 16.5. The molecule has 1 aliphatic rings. The monoisotopic (exact) mass is 252 g/mol. The third kappa shape index (κ3) is 3.09. The van der Waals surface area contributed by atoms with Crippen LogP contribution in [0.1, 0.15) is 44.9 Å². The van der Waals surface area contributed by atoms with E-state index < -0.39 is 0 Å². The highest BCUT2D eigenvalue weighted by Gasteiger charge is 2.25. The standard InChI is InChI=1S/C13H24N4O/c1-4-6-16-7-9-17(10-8-16)11(3)13-14-12(5-2)15-18-13/h11H,4-10H2,1-3H3. The Labute approximate surface area is 109 Å². The first-order valence-electron chi connectivity index (χ1n) is 7.03. The van der Waals surface area contributed by atoms with Gasteiger partial charge in [0.05, 0.1) is 6.04 Å². The van der Waals surface area contributed by atoms with Crippen LogP contribution < -0.4 is 0 Å². The van der Waals surface area contributed by atoms with Crippen LogP contribution in [-0.4, -0.2) is 52.7 Å². The molecule has 1 saturated heterocycles. The molecular weight excluding hydrogens is 228 g/mol. The van der Waals surface area contributed by atoms with E-state index in [9.17, 15) is 0 Å². The Morgan fingerprint density at radius 2 is 1.94 bits per heavy atom. The Morgan fingerprint density at radius 1 is 1.22 bits per heavy atom. The first-order chi connectivity index (χ1) is 8.74. The first-order valence-corrected chi connectivity index (χ1v) is 7.03. The average molecular weight is 252 g/mol. The van der Waals surface area contributed by atoms with Gasteiger partial charge in [-0.3, -0.25) is 4.90 Å². The molecule has 18 heavy (non-hydrogen) atoms. The molecule has 0 bridgehead atoms. The fraction of sp³-hybridized carbons (Fsp3) is 0.846. The molecule has 102 valence electrons. The van der Waals surface area contributed by atoms with E-state index in [4.69, 9.17) is 4.52 Å². The van der Waals surface area contributed by atoms with Gasteiger partial charge < -0.3 is 9.42 Å². The summed E-state index contributed by atoms with van der Waals surface area (Å²) in [6.45, 7) is 12.1. The molecule has 1 aromatic rings. The predicted octanol–water partition coefficient (Wildman–Crippen LogP) is 1.72. The highest BCUT2D eigenvalue weighted by Crippen LogP contribution is 2.20.